The number of rotatable bonds is 3. The van der Waals surface area contributed by atoms with Gasteiger partial charge in [-0.15, -0.1) is 11.3 Å². The lowest BCUT2D eigenvalue weighted by Gasteiger charge is -2.26. The highest BCUT2D eigenvalue weighted by Gasteiger charge is 2.12. The number of hydrogen-bond donors (Lipinski definition) is 2. The molecule has 1 aromatic heterocycles. The summed E-state index contributed by atoms with van der Waals surface area (Å²) in [5.74, 6) is 0.288. The van der Waals surface area contributed by atoms with Gasteiger partial charge in [0.25, 0.3) is 0 Å². The zero-order valence-electron chi connectivity index (χ0n) is 10.7. The lowest BCUT2D eigenvalue weighted by Crippen LogP contribution is -2.42. The molecule has 0 radical (unpaired) electrons. The molecule has 1 aromatic carbocycles. The van der Waals surface area contributed by atoms with E-state index in [2.05, 4.69) is 20.6 Å². The van der Waals surface area contributed by atoms with Gasteiger partial charge >= 0.3 is 0 Å². The summed E-state index contributed by atoms with van der Waals surface area (Å²) >= 11 is 1.64. The molecule has 0 atom stereocenters. The second-order valence-electron chi connectivity index (χ2n) is 4.72. The van der Waals surface area contributed by atoms with E-state index in [0.29, 0.717) is 0 Å². The minimum Gasteiger partial charge on any atom is -0.508 e. The van der Waals surface area contributed by atoms with Crippen LogP contribution >= 0.6 is 11.3 Å². The Kier molecular flexibility index (Phi) is 3.77. The summed E-state index contributed by atoms with van der Waals surface area (Å²) in [5, 5.41) is 15.9. The highest BCUT2D eigenvalue weighted by molar-refractivity contribution is 7.13. The molecule has 2 aromatic rings. The maximum absolute atomic E-state index is 9.50. The summed E-state index contributed by atoms with van der Waals surface area (Å²) in [5.41, 5.74) is 2.10. The summed E-state index contributed by atoms with van der Waals surface area (Å²) < 4.78 is 0. The fourth-order valence-electron chi connectivity index (χ4n) is 2.25. The number of hydrogen-bond acceptors (Lipinski definition) is 5. The molecule has 0 amide bonds. The first-order valence-corrected chi connectivity index (χ1v) is 7.36. The smallest absolute Gasteiger partial charge is 0.123 e. The van der Waals surface area contributed by atoms with Gasteiger partial charge in [-0.3, -0.25) is 4.90 Å². The Morgan fingerprint density at radius 2 is 2.16 bits per heavy atom. The highest BCUT2D eigenvalue weighted by Crippen LogP contribution is 2.26. The Balaban J connectivity index is 1.72. The molecule has 0 aliphatic carbocycles. The van der Waals surface area contributed by atoms with Gasteiger partial charge in [0.1, 0.15) is 10.8 Å². The zero-order chi connectivity index (χ0) is 13.1. The molecule has 1 aliphatic rings. The fraction of sp³-hybridized carbons (Fsp3) is 0.357. The number of phenolic OH excluding ortho intramolecular Hbond substituents is 1. The SMILES string of the molecule is Oc1cccc(-c2nc(CN3CCNCC3)cs2)c1. The zero-order valence-corrected chi connectivity index (χ0v) is 11.5. The fourth-order valence-corrected chi connectivity index (χ4v) is 3.06. The van der Waals surface area contributed by atoms with Gasteiger partial charge < -0.3 is 10.4 Å². The van der Waals surface area contributed by atoms with Crippen LogP contribution in [-0.2, 0) is 6.54 Å². The number of benzene rings is 1. The molecule has 2 heterocycles. The molecule has 0 bridgehead atoms. The average Bonchev–Trinajstić information content (AvgIpc) is 2.88. The van der Waals surface area contributed by atoms with Crippen LogP contribution in [0.1, 0.15) is 5.69 Å². The Morgan fingerprint density at radius 1 is 1.32 bits per heavy atom. The Morgan fingerprint density at radius 3 is 2.95 bits per heavy atom. The molecule has 2 N–H and O–H groups in total. The summed E-state index contributed by atoms with van der Waals surface area (Å²) in [4.78, 5) is 7.08. The van der Waals surface area contributed by atoms with Gasteiger partial charge in [0.2, 0.25) is 0 Å². The lowest BCUT2D eigenvalue weighted by molar-refractivity contribution is 0.231. The molecule has 19 heavy (non-hydrogen) atoms. The Labute approximate surface area is 116 Å². The van der Waals surface area contributed by atoms with Crippen molar-refractivity contribution in [2.75, 3.05) is 26.2 Å². The molecule has 1 saturated heterocycles. The van der Waals surface area contributed by atoms with Gasteiger partial charge in [0.05, 0.1) is 5.69 Å². The van der Waals surface area contributed by atoms with Crippen molar-refractivity contribution < 1.29 is 5.11 Å². The van der Waals surface area contributed by atoms with Crippen LogP contribution in [0.25, 0.3) is 10.6 Å². The quantitative estimate of drug-likeness (QED) is 0.898. The van der Waals surface area contributed by atoms with E-state index in [4.69, 9.17) is 0 Å². The maximum atomic E-state index is 9.50. The van der Waals surface area contributed by atoms with Crippen LogP contribution in [0.5, 0.6) is 5.75 Å². The number of aromatic nitrogens is 1. The Bertz CT molecular complexity index is 549. The van der Waals surface area contributed by atoms with E-state index in [9.17, 15) is 5.11 Å². The summed E-state index contributed by atoms with van der Waals surface area (Å²) in [6, 6.07) is 7.27. The van der Waals surface area contributed by atoms with Gasteiger partial charge in [-0.1, -0.05) is 12.1 Å². The van der Waals surface area contributed by atoms with Crippen molar-refractivity contribution in [1.82, 2.24) is 15.2 Å². The van der Waals surface area contributed by atoms with Gasteiger partial charge in [0, 0.05) is 43.7 Å². The highest BCUT2D eigenvalue weighted by atomic mass is 32.1. The van der Waals surface area contributed by atoms with Crippen LogP contribution in [-0.4, -0.2) is 41.2 Å². The molecule has 1 aliphatic heterocycles. The number of nitrogens with one attached hydrogen (secondary N) is 1. The normalized spacial score (nSPS) is 16.6. The Hall–Kier alpha value is -1.43. The lowest BCUT2D eigenvalue weighted by atomic mass is 10.2. The second-order valence-corrected chi connectivity index (χ2v) is 5.58. The molecule has 0 saturated carbocycles. The van der Waals surface area contributed by atoms with Crippen LogP contribution in [0, 0.1) is 0 Å². The maximum Gasteiger partial charge on any atom is 0.123 e. The predicted molar refractivity (Wildman–Crippen MR) is 77.4 cm³/mol. The van der Waals surface area contributed by atoms with Gasteiger partial charge in [-0.25, -0.2) is 4.98 Å². The minimum atomic E-state index is 0.288. The molecule has 100 valence electrons. The van der Waals surface area contributed by atoms with E-state index in [1.807, 2.05) is 12.1 Å². The molecular weight excluding hydrogens is 258 g/mol. The molecule has 0 spiro atoms. The second kappa shape index (κ2) is 5.69. The van der Waals surface area contributed by atoms with E-state index in [1.165, 1.54) is 0 Å². The first-order chi connectivity index (χ1) is 9.31. The molecule has 3 rings (SSSR count). The van der Waals surface area contributed by atoms with E-state index < -0.39 is 0 Å². The van der Waals surface area contributed by atoms with Crippen molar-refractivity contribution in [3.8, 4) is 16.3 Å². The summed E-state index contributed by atoms with van der Waals surface area (Å²) in [6.07, 6.45) is 0. The van der Waals surface area contributed by atoms with Crippen molar-refractivity contribution in [3.05, 3.63) is 35.3 Å². The van der Waals surface area contributed by atoms with Gasteiger partial charge in [-0.2, -0.15) is 0 Å². The number of thiazole rings is 1. The van der Waals surface area contributed by atoms with E-state index in [1.54, 1.807) is 23.5 Å². The minimum absolute atomic E-state index is 0.288. The number of nitrogens with zero attached hydrogens (tertiary/aromatic N) is 2. The third-order valence-corrected chi connectivity index (χ3v) is 4.18. The molecule has 0 unspecified atom stereocenters. The molecule has 1 fully saturated rings. The third-order valence-electron chi connectivity index (χ3n) is 3.24. The van der Waals surface area contributed by atoms with E-state index in [0.717, 1.165) is 49.0 Å². The third kappa shape index (κ3) is 3.12. The monoisotopic (exact) mass is 275 g/mol. The summed E-state index contributed by atoms with van der Waals surface area (Å²) in [7, 11) is 0. The summed E-state index contributed by atoms with van der Waals surface area (Å²) in [6.45, 7) is 5.20. The number of aromatic hydroxyl groups is 1. The van der Waals surface area contributed by atoms with Crippen molar-refractivity contribution in [2.45, 2.75) is 6.54 Å². The first kappa shape index (κ1) is 12.6. The van der Waals surface area contributed by atoms with Crippen molar-refractivity contribution in [1.29, 1.82) is 0 Å². The standard InChI is InChI=1S/C14H17N3OS/c18-13-3-1-2-11(8-13)14-16-12(10-19-14)9-17-6-4-15-5-7-17/h1-3,8,10,15,18H,4-7,9H2. The largest absolute Gasteiger partial charge is 0.508 e. The van der Waals surface area contributed by atoms with Crippen molar-refractivity contribution in [2.24, 2.45) is 0 Å². The van der Waals surface area contributed by atoms with Crippen LogP contribution < -0.4 is 5.32 Å². The predicted octanol–water partition coefficient (Wildman–Crippen LogP) is 1.92. The van der Waals surface area contributed by atoms with Crippen molar-refractivity contribution >= 4 is 11.3 Å². The van der Waals surface area contributed by atoms with Gasteiger partial charge in [-0.05, 0) is 12.1 Å². The number of phenols is 1. The van der Waals surface area contributed by atoms with E-state index in [-0.39, 0.29) is 5.75 Å². The molecule has 5 heteroatoms. The van der Waals surface area contributed by atoms with Crippen LogP contribution in [0.3, 0.4) is 0 Å². The van der Waals surface area contributed by atoms with E-state index >= 15 is 0 Å². The number of piperazine rings is 1. The first-order valence-electron chi connectivity index (χ1n) is 6.48. The van der Waals surface area contributed by atoms with Crippen LogP contribution in [0.4, 0.5) is 0 Å². The average molecular weight is 275 g/mol. The van der Waals surface area contributed by atoms with Gasteiger partial charge in [0.15, 0.2) is 0 Å². The molecular formula is C14H17N3OS. The van der Waals surface area contributed by atoms with Crippen molar-refractivity contribution in [3.63, 3.8) is 0 Å². The topological polar surface area (TPSA) is 48.4 Å². The molecule has 4 nitrogen and oxygen atoms in total. The van der Waals surface area contributed by atoms with Crippen LogP contribution in [0.15, 0.2) is 29.6 Å². The van der Waals surface area contributed by atoms with Crippen LogP contribution in [0.2, 0.25) is 0 Å².